The largest absolute Gasteiger partial charge is 0.324 e. The Morgan fingerprint density at radius 2 is 1.73 bits per heavy atom. The summed E-state index contributed by atoms with van der Waals surface area (Å²) in [7, 11) is 0. The van der Waals surface area contributed by atoms with E-state index in [4.69, 9.17) is 11.6 Å². The number of aromatic nitrogens is 1. The van der Waals surface area contributed by atoms with Crippen molar-refractivity contribution in [2.75, 3.05) is 11.9 Å². The van der Waals surface area contributed by atoms with Crippen LogP contribution in [0.15, 0.2) is 54.7 Å². The van der Waals surface area contributed by atoms with Gasteiger partial charge in [0.05, 0.1) is 22.3 Å². The van der Waals surface area contributed by atoms with Crippen molar-refractivity contribution in [1.82, 2.24) is 9.88 Å². The van der Waals surface area contributed by atoms with Gasteiger partial charge in [0.1, 0.15) is 6.54 Å². The lowest BCUT2D eigenvalue weighted by Gasteiger charge is -2.14. The van der Waals surface area contributed by atoms with Crippen molar-refractivity contribution in [1.29, 1.82) is 0 Å². The molecular weight excluding hydrogens is 354 g/mol. The maximum atomic E-state index is 12.4. The maximum absolute atomic E-state index is 12.4. The minimum Gasteiger partial charge on any atom is -0.324 e. The molecule has 3 aromatic rings. The van der Waals surface area contributed by atoms with E-state index < -0.39 is 17.7 Å². The SMILES string of the molecule is O=C(CN1C(=O)c2ccccc2C1=O)Nc1ccnc2cc(Cl)ccc12. The van der Waals surface area contributed by atoms with Crippen LogP contribution >= 0.6 is 11.6 Å². The molecule has 1 aromatic heterocycles. The molecular formula is C19H12ClN3O3. The van der Waals surface area contributed by atoms with E-state index in [1.165, 1.54) is 0 Å². The van der Waals surface area contributed by atoms with Gasteiger partial charge in [0, 0.05) is 16.6 Å². The normalized spacial score (nSPS) is 13.2. The summed E-state index contributed by atoms with van der Waals surface area (Å²) in [6.45, 7) is -0.357. The Bertz CT molecular complexity index is 1050. The van der Waals surface area contributed by atoms with Crippen LogP contribution in [0.4, 0.5) is 5.69 Å². The zero-order valence-electron chi connectivity index (χ0n) is 13.4. The van der Waals surface area contributed by atoms with E-state index in [1.807, 2.05) is 0 Å². The van der Waals surface area contributed by atoms with Gasteiger partial charge in [-0.1, -0.05) is 23.7 Å². The average molecular weight is 366 g/mol. The number of fused-ring (bicyclic) bond motifs is 2. The third kappa shape index (κ3) is 2.70. The van der Waals surface area contributed by atoms with Crippen LogP contribution in [0.25, 0.3) is 10.9 Å². The second kappa shape index (κ2) is 6.24. The summed E-state index contributed by atoms with van der Waals surface area (Å²) < 4.78 is 0. The molecule has 4 rings (SSSR count). The van der Waals surface area contributed by atoms with Crippen LogP contribution in [-0.2, 0) is 4.79 Å². The highest BCUT2D eigenvalue weighted by Crippen LogP contribution is 2.25. The Labute approximate surface area is 153 Å². The molecule has 1 aliphatic rings. The number of anilines is 1. The van der Waals surface area contributed by atoms with Crippen molar-refractivity contribution in [3.8, 4) is 0 Å². The van der Waals surface area contributed by atoms with Crippen LogP contribution in [0.3, 0.4) is 0 Å². The number of hydrogen-bond donors (Lipinski definition) is 1. The lowest BCUT2D eigenvalue weighted by Crippen LogP contribution is -2.37. The Balaban J connectivity index is 1.56. The average Bonchev–Trinajstić information content (AvgIpc) is 2.87. The van der Waals surface area contributed by atoms with Crippen LogP contribution in [-0.4, -0.2) is 34.2 Å². The van der Waals surface area contributed by atoms with Gasteiger partial charge in [-0.25, -0.2) is 0 Å². The second-order valence-electron chi connectivity index (χ2n) is 5.81. The van der Waals surface area contributed by atoms with Gasteiger partial charge in [-0.2, -0.15) is 0 Å². The molecule has 3 amide bonds. The third-order valence-corrected chi connectivity index (χ3v) is 4.39. The number of imide groups is 1. The summed E-state index contributed by atoms with van der Waals surface area (Å²) in [5.74, 6) is -1.40. The smallest absolute Gasteiger partial charge is 0.262 e. The highest BCUT2D eigenvalue weighted by Gasteiger charge is 2.36. The van der Waals surface area contributed by atoms with E-state index >= 15 is 0 Å². The molecule has 0 atom stereocenters. The number of halogens is 1. The van der Waals surface area contributed by atoms with Crippen molar-refractivity contribution in [3.63, 3.8) is 0 Å². The number of carbonyl (C=O) groups is 3. The van der Waals surface area contributed by atoms with E-state index in [9.17, 15) is 14.4 Å². The molecule has 1 aliphatic heterocycles. The minimum atomic E-state index is -0.470. The van der Waals surface area contributed by atoms with Gasteiger partial charge in [-0.05, 0) is 36.4 Å². The summed E-state index contributed by atoms with van der Waals surface area (Å²) in [6, 6.07) is 13.3. The van der Waals surface area contributed by atoms with Gasteiger partial charge < -0.3 is 5.32 Å². The molecule has 0 saturated heterocycles. The molecule has 1 N–H and O–H groups in total. The van der Waals surface area contributed by atoms with Gasteiger partial charge in [0.25, 0.3) is 11.8 Å². The molecule has 0 saturated carbocycles. The van der Waals surface area contributed by atoms with Crippen molar-refractivity contribution in [2.45, 2.75) is 0 Å². The molecule has 7 heteroatoms. The third-order valence-electron chi connectivity index (χ3n) is 4.16. The van der Waals surface area contributed by atoms with Crippen LogP contribution in [0.1, 0.15) is 20.7 Å². The van der Waals surface area contributed by atoms with Crippen LogP contribution in [0, 0.1) is 0 Å². The molecule has 2 heterocycles. The van der Waals surface area contributed by atoms with Gasteiger partial charge in [0.15, 0.2) is 0 Å². The second-order valence-corrected chi connectivity index (χ2v) is 6.25. The summed E-state index contributed by atoms with van der Waals surface area (Å²) in [4.78, 5) is 42.3. The van der Waals surface area contributed by atoms with E-state index in [0.717, 1.165) is 4.90 Å². The first-order valence-electron chi connectivity index (χ1n) is 7.84. The summed E-state index contributed by atoms with van der Waals surface area (Å²) in [5, 5.41) is 3.99. The highest BCUT2D eigenvalue weighted by atomic mass is 35.5. The monoisotopic (exact) mass is 365 g/mol. The molecule has 26 heavy (non-hydrogen) atoms. The molecule has 0 bridgehead atoms. The van der Waals surface area contributed by atoms with Gasteiger partial charge in [-0.3, -0.25) is 24.3 Å². The fourth-order valence-electron chi connectivity index (χ4n) is 2.95. The van der Waals surface area contributed by atoms with Gasteiger partial charge in [-0.15, -0.1) is 0 Å². The zero-order chi connectivity index (χ0) is 18.3. The highest BCUT2D eigenvalue weighted by molar-refractivity contribution is 6.31. The maximum Gasteiger partial charge on any atom is 0.262 e. The van der Waals surface area contributed by atoms with Crippen molar-refractivity contribution >= 4 is 45.9 Å². The topological polar surface area (TPSA) is 79.4 Å². The Hall–Kier alpha value is -3.25. The van der Waals surface area contributed by atoms with E-state index in [2.05, 4.69) is 10.3 Å². The Kier molecular flexibility index (Phi) is 3.89. The number of benzene rings is 2. The number of amides is 3. The number of carbonyl (C=O) groups excluding carboxylic acids is 3. The summed E-state index contributed by atoms with van der Waals surface area (Å²) in [5.41, 5.74) is 1.80. The summed E-state index contributed by atoms with van der Waals surface area (Å²) >= 11 is 5.96. The van der Waals surface area contributed by atoms with E-state index in [1.54, 1.807) is 54.7 Å². The fourth-order valence-corrected chi connectivity index (χ4v) is 3.11. The Morgan fingerprint density at radius 1 is 1.04 bits per heavy atom. The molecule has 0 unspecified atom stereocenters. The van der Waals surface area contributed by atoms with Crippen LogP contribution in [0.2, 0.25) is 5.02 Å². The van der Waals surface area contributed by atoms with Crippen molar-refractivity contribution in [3.05, 3.63) is 70.9 Å². The molecule has 0 aliphatic carbocycles. The van der Waals surface area contributed by atoms with Gasteiger partial charge in [0.2, 0.25) is 5.91 Å². The Morgan fingerprint density at radius 3 is 2.42 bits per heavy atom. The number of nitrogens with zero attached hydrogens (tertiary/aromatic N) is 2. The van der Waals surface area contributed by atoms with Crippen molar-refractivity contribution in [2.24, 2.45) is 0 Å². The fraction of sp³-hybridized carbons (Fsp3) is 0.0526. The minimum absolute atomic E-state index is 0.314. The van der Waals surface area contributed by atoms with Crippen LogP contribution < -0.4 is 5.32 Å². The molecule has 0 fully saturated rings. The van der Waals surface area contributed by atoms with E-state index in [0.29, 0.717) is 32.7 Å². The van der Waals surface area contributed by atoms with Gasteiger partial charge >= 0.3 is 0 Å². The number of pyridine rings is 1. The first-order chi connectivity index (χ1) is 12.5. The zero-order valence-corrected chi connectivity index (χ0v) is 14.2. The first kappa shape index (κ1) is 16.2. The lowest BCUT2D eigenvalue weighted by molar-refractivity contribution is -0.116. The molecule has 0 spiro atoms. The predicted molar refractivity (Wildman–Crippen MR) is 97.2 cm³/mol. The van der Waals surface area contributed by atoms with Crippen molar-refractivity contribution < 1.29 is 14.4 Å². The molecule has 6 nitrogen and oxygen atoms in total. The predicted octanol–water partition coefficient (Wildman–Crippen LogP) is 3.12. The molecule has 0 radical (unpaired) electrons. The lowest BCUT2D eigenvalue weighted by atomic mass is 10.1. The first-order valence-corrected chi connectivity index (χ1v) is 8.22. The number of rotatable bonds is 3. The number of hydrogen-bond acceptors (Lipinski definition) is 4. The number of nitrogens with one attached hydrogen (secondary N) is 1. The quantitative estimate of drug-likeness (QED) is 0.723. The molecule has 128 valence electrons. The summed E-state index contributed by atoms with van der Waals surface area (Å²) in [6.07, 6.45) is 1.55. The molecule has 2 aromatic carbocycles. The standard InChI is InChI=1S/C19H12ClN3O3/c20-11-5-6-14-15(7-8-21-16(14)9-11)22-17(24)10-23-18(25)12-3-1-2-4-13(12)19(23)26/h1-9H,10H2,(H,21,22,24). The van der Waals surface area contributed by atoms with E-state index in [-0.39, 0.29) is 6.54 Å². The van der Waals surface area contributed by atoms with Crippen LogP contribution in [0.5, 0.6) is 0 Å².